The van der Waals surface area contributed by atoms with Crippen molar-refractivity contribution in [2.45, 2.75) is 6.54 Å². The van der Waals surface area contributed by atoms with Gasteiger partial charge < -0.3 is 10.2 Å². The Morgan fingerprint density at radius 1 is 0.600 bits per heavy atom. The molecule has 0 bridgehead atoms. The van der Waals surface area contributed by atoms with E-state index >= 15 is 0 Å². The van der Waals surface area contributed by atoms with Gasteiger partial charge in [0.05, 0.1) is 6.54 Å². The van der Waals surface area contributed by atoms with Crippen molar-refractivity contribution in [3.05, 3.63) is 132 Å². The van der Waals surface area contributed by atoms with Crippen LogP contribution in [0, 0.1) is 0 Å². The second-order valence-corrected chi connectivity index (χ2v) is 8.62. The number of nitrogens with zero attached hydrogens (tertiary/aromatic N) is 1. The number of para-hydroxylation sites is 1. The molecule has 1 aromatic heterocycles. The van der Waals surface area contributed by atoms with Crippen LogP contribution in [0.4, 0.5) is 0 Å². The van der Waals surface area contributed by atoms with E-state index in [-0.39, 0.29) is 0 Å². The van der Waals surface area contributed by atoms with E-state index in [9.17, 15) is 0 Å². The molecular weight excluding hydrogens is 428 g/mol. The molecule has 0 saturated carbocycles. The summed E-state index contributed by atoms with van der Waals surface area (Å²) >= 11 is 0. The molecule has 0 radical (unpaired) electrons. The van der Waals surface area contributed by atoms with Crippen LogP contribution in [0.5, 0.6) is 0 Å². The fraction of sp³-hybridized carbons (Fsp3) is 0.0312. The van der Waals surface area contributed by atoms with Gasteiger partial charge in [0.25, 0.3) is 0 Å². The van der Waals surface area contributed by atoms with Crippen LogP contribution in [-0.2, 0) is 6.54 Å². The third kappa shape index (κ3) is 4.09. The molecule has 35 heavy (non-hydrogen) atoms. The molecule has 0 unspecified atom stereocenters. The zero-order chi connectivity index (χ0) is 23.6. The molecule has 0 atom stereocenters. The maximum absolute atomic E-state index is 6.60. The molecule has 5 aromatic carbocycles. The normalized spacial score (nSPS) is 11.8. The van der Waals surface area contributed by atoms with E-state index in [4.69, 9.17) is 15.1 Å². The van der Waals surface area contributed by atoms with Crippen molar-refractivity contribution >= 4 is 27.8 Å². The number of rotatable bonds is 5. The minimum Gasteiger partial charge on any atom is -0.456 e. The summed E-state index contributed by atoms with van der Waals surface area (Å²) in [5.74, 6) is 0.518. The van der Waals surface area contributed by atoms with Gasteiger partial charge in [-0.05, 0) is 58.1 Å². The Morgan fingerprint density at radius 3 is 1.89 bits per heavy atom. The van der Waals surface area contributed by atoms with Crippen LogP contribution in [0.25, 0.3) is 44.2 Å². The molecule has 0 amide bonds. The molecular formula is C32H24N2O. The van der Waals surface area contributed by atoms with Crippen LogP contribution in [0.2, 0.25) is 0 Å². The van der Waals surface area contributed by atoms with Crippen LogP contribution in [0.15, 0.2) is 131 Å². The van der Waals surface area contributed by atoms with Crippen LogP contribution < -0.4 is 5.73 Å². The fourth-order valence-corrected chi connectivity index (χ4v) is 4.61. The maximum atomic E-state index is 6.60. The Kier molecular flexibility index (Phi) is 5.36. The average molecular weight is 453 g/mol. The lowest BCUT2D eigenvalue weighted by Gasteiger charge is -2.11. The topological polar surface area (TPSA) is 51.5 Å². The summed E-state index contributed by atoms with van der Waals surface area (Å²) < 4.78 is 6.03. The minimum atomic E-state index is 0.475. The van der Waals surface area contributed by atoms with Gasteiger partial charge in [0, 0.05) is 16.3 Å². The number of aliphatic imine (C=N–C) groups is 1. The van der Waals surface area contributed by atoms with E-state index in [2.05, 4.69) is 78.9 Å². The van der Waals surface area contributed by atoms with E-state index in [0.717, 1.165) is 55.3 Å². The maximum Gasteiger partial charge on any atom is 0.135 e. The minimum absolute atomic E-state index is 0.475. The summed E-state index contributed by atoms with van der Waals surface area (Å²) in [4.78, 5) is 4.82. The highest BCUT2D eigenvalue weighted by Gasteiger charge is 2.11. The quantitative estimate of drug-likeness (QED) is 0.214. The molecule has 2 N–H and O–H groups in total. The van der Waals surface area contributed by atoms with Crippen molar-refractivity contribution in [3.8, 4) is 22.3 Å². The molecule has 0 aliphatic heterocycles. The van der Waals surface area contributed by atoms with Crippen molar-refractivity contribution in [2.24, 2.45) is 10.7 Å². The summed E-state index contributed by atoms with van der Waals surface area (Å²) in [5, 5.41) is 2.20. The average Bonchev–Trinajstić information content (AvgIpc) is 3.32. The van der Waals surface area contributed by atoms with Crippen molar-refractivity contribution in [1.29, 1.82) is 0 Å². The molecule has 0 saturated heterocycles. The van der Waals surface area contributed by atoms with Gasteiger partial charge in [0.2, 0.25) is 0 Å². The Morgan fingerprint density at radius 2 is 1.20 bits per heavy atom. The molecule has 3 heteroatoms. The first-order chi connectivity index (χ1) is 17.3. The predicted octanol–water partition coefficient (Wildman–Crippen LogP) is 7.83. The molecule has 0 aliphatic rings. The van der Waals surface area contributed by atoms with E-state index in [1.807, 2.05) is 42.5 Å². The van der Waals surface area contributed by atoms with Crippen LogP contribution in [-0.4, -0.2) is 5.84 Å². The summed E-state index contributed by atoms with van der Waals surface area (Å²) in [6.45, 7) is 0.475. The van der Waals surface area contributed by atoms with Gasteiger partial charge in [-0.1, -0.05) is 91.0 Å². The molecule has 3 nitrogen and oxygen atoms in total. The molecule has 0 spiro atoms. The number of nitrogens with two attached hydrogens (primary N) is 1. The lowest BCUT2D eigenvalue weighted by molar-refractivity contribution is 0.668. The van der Waals surface area contributed by atoms with Crippen molar-refractivity contribution in [2.75, 3.05) is 0 Å². The van der Waals surface area contributed by atoms with E-state index in [0.29, 0.717) is 12.4 Å². The molecule has 6 aromatic rings. The van der Waals surface area contributed by atoms with Gasteiger partial charge in [0.1, 0.15) is 17.0 Å². The molecule has 6 rings (SSSR count). The lowest BCUT2D eigenvalue weighted by atomic mass is 9.96. The SMILES string of the molecule is NC(=NCc1cccc2oc3ccccc3c12)c1cc(-c2ccccc2)cc(-c2ccccc2)c1. The summed E-state index contributed by atoms with van der Waals surface area (Å²) in [5.41, 5.74) is 14.9. The van der Waals surface area contributed by atoms with Crippen LogP contribution in [0.1, 0.15) is 11.1 Å². The Bertz CT molecular complexity index is 1610. The highest BCUT2D eigenvalue weighted by Crippen LogP contribution is 2.32. The number of hydrogen-bond donors (Lipinski definition) is 1. The summed E-state index contributed by atoms with van der Waals surface area (Å²) in [6, 6.07) is 41.4. The Hall–Kier alpha value is -4.63. The number of hydrogen-bond acceptors (Lipinski definition) is 2. The van der Waals surface area contributed by atoms with Gasteiger partial charge in [-0.2, -0.15) is 0 Å². The third-order valence-corrected chi connectivity index (χ3v) is 6.35. The van der Waals surface area contributed by atoms with Gasteiger partial charge in [-0.25, -0.2) is 0 Å². The smallest absolute Gasteiger partial charge is 0.135 e. The lowest BCUT2D eigenvalue weighted by Crippen LogP contribution is -2.14. The zero-order valence-electron chi connectivity index (χ0n) is 19.2. The fourth-order valence-electron chi connectivity index (χ4n) is 4.61. The van der Waals surface area contributed by atoms with Gasteiger partial charge >= 0.3 is 0 Å². The molecule has 1 heterocycles. The van der Waals surface area contributed by atoms with E-state index in [1.54, 1.807) is 0 Å². The van der Waals surface area contributed by atoms with Crippen molar-refractivity contribution in [1.82, 2.24) is 0 Å². The second kappa shape index (κ2) is 8.96. The summed E-state index contributed by atoms with van der Waals surface area (Å²) in [6.07, 6.45) is 0. The zero-order valence-corrected chi connectivity index (χ0v) is 19.2. The number of amidine groups is 1. The van der Waals surface area contributed by atoms with Crippen LogP contribution >= 0.6 is 0 Å². The van der Waals surface area contributed by atoms with E-state index < -0.39 is 0 Å². The first-order valence-electron chi connectivity index (χ1n) is 11.7. The first kappa shape index (κ1) is 20.9. The van der Waals surface area contributed by atoms with Crippen LogP contribution in [0.3, 0.4) is 0 Å². The first-order valence-corrected chi connectivity index (χ1v) is 11.7. The highest BCUT2D eigenvalue weighted by atomic mass is 16.3. The molecule has 168 valence electrons. The van der Waals surface area contributed by atoms with Crippen molar-refractivity contribution in [3.63, 3.8) is 0 Å². The predicted molar refractivity (Wildman–Crippen MR) is 145 cm³/mol. The largest absolute Gasteiger partial charge is 0.456 e. The standard InChI is InChI=1S/C32H24N2O/c33-32(34-21-24-14-9-17-30-31(24)28-15-7-8-16-29(28)35-30)27-19-25(22-10-3-1-4-11-22)18-26(20-27)23-12-5-2-6-13-23/h1-20H,21H2,(H2,33,34). The third-order valence-electron chi connectivity index (χ3n) is 6.35. The van der Waals surface area contributed by atoms with Crippen molar-refractivity contribution < 1.29 is 4.42 Å². The van der Waals surface area contributed by atoms with E-state index in [1.165, 1.54) is 0 Å². The number of benzene rings is 5. The van der Waals surface area contributed by atoms with Gasteiger partial charge in [-0.3, -0.25) is 4.99 Å². The highest BCUT2D eigenvalue weighted by molar-refractivity contribution is 6.07. The summed E-state index contributed by atoms with van der Waals surface area (Å²) in [7, 11) is 0. The Balaban J connectivity index is 1.42. The molecule has 0 fully saturated rings. The van der Waals surface area contributed by atoms with Gasteiger partial charge in [-0.15, -0.1) is 0 Å². The monoisotopic (exact) mass is 452 g/mol. The second-order valence-electron chi connectivity index (χ2n) is 8.62. The number of fused-ring (bicyclic) bond motifs is 3. The Labute approximate surface area is 204 Å². The number of furan rings is 1. The molecule has 0 aliphatic carbocycles. The van der Waals surface area contributed by atoms with Gasteiger partial charge in [0.15, 0.2) is 0 Å².